The van der Waals surface area contributed by atoms with Crippen LogP contribution in [0.25, 0.3) is 0 Å². The van der Waals surface area contributed by atoms with Gasteiger partial charge in [-0.1, -0.05) is 0 Å². The van der Waals surface area contributed by atoms with E-state index in [0.29, 0.717) is 17.8 Å². The summed E-state index contributed by atoms with van der Waals surface area (Å²) in [5.41, 5.74) is -2.76. The lowest BCUT2D eigenvalue weighted by atomic mass is 10.1. The summed E-state index contributed by atoms with van der Waals surface area (Å²) in [7, 11) is -2.81. The van der Waals surface area contributed by atoms with Gasteiger partial charge in [0, 0.05) is 18.7 Å². The molecule has 0 radical (unpaired) electrons. The number of ether oxygens (including phenoxy) is 1. The van der Waals surface area contributed by atoms with Crippen molar-refractivity contribution in [2.75, 3.05) is 11.4 Å². The van der Waals surface area contributed by atoms with Crippen molar-refractivity contribution < 1.29 is 44.3 Å². The van der Waals surface area contributed by atoms with Gasteiger partial charge in [-0.15, -0.1) is 0 Å². The molecule has 1 fully saturated rings. The average molecular weight is 453 g/mol. The van der Waals surface area contributed by atoms with Gasteiger partial charge in [0.1, 0.15) is 5.75 Å². The Morgan fingerprint density at radius 3 is 1.90 bits per heavy atom. The topological polar surface area (TPSA) is 63.7 Å². The summed E-state index contributed by atoms with van der Waals surface area (Å²) in [5, 5.41) is 0. The minimum absolute atomic E-state index is 0.0218. The summed E-state index contributed by atoms with van der Waals surface area (Å²) in [6.45, 7) is 0.0947. The van der Waals surface area contributed by atoms with Crippen molar-refractivity contribution in [1.82, 2.24) is 0 Å². The van der Waals surface area contributed by atoms with Crippen molar-refractivity contribution in [2.45, 2.75) is 29.8 Å². The first-order chi connectivity index (χ1) is 13.9. The fraction of sp³-hybridized carbons (Fsp3) is 0.278. The van der Waals surface area contributed by atoms with Crippen molar-refractivity contribution in [3.8, 4) is 5.75 Å². The highest BCUT2D eigenvalue weighted by Gasteiger charge is 2.39. The summed E-state index contributed by atoms with van der Waals surface area (Å²) >= 11 is 0. The summed E-state index contributed by atoms with van der Waals surface area (Å²) in [4.78, 5) is 13.8. The molecule has 2 aromatic carbocycles. The Hall–Kier alpha value is -2.76. The first-order valence-corrected chi connectivity index (χ1v) is 9.56. The molecule has 12 heteroatoms. The van der Waals surface area contributed by atoms with Crippen molar-refractivity contribution in [3.05, 3.63) is 53.6 Å². The van der Waals surface area contributed by atoms with Gasteiger partial charge in [0.2, 0.25) is 0 Å². The van der Waals surface area contributed by atoms with Crippen LogP contribution in [0.1, 0.15) is 17.5 Å². The third-order valence-corrected chi connectivity index (χ3v) is 5.09. The Morgan fingerprint density at radius 2 is 1.43 bits per heavy atom. The Labute approximate surface area is 167 Å². The van der Waals surface area contributed by atoms with Gasteiger partial charge in [0.15, 0.2) is 16.8 Å². The van der Waals surface area contributed by atoms with Gasteiger partial charge in [-0.3, -0.25) is 4.79 Å². The second kappa shape index (κ2) is 7.82. The number of anilines is 1. The van der Waals surface area contributed by atoms with Crippen LogP contribution in [0.15, 0.2) is 47.4 Å². The molecule has 3 rings (SSSR count). The maximum Gasteiger partial charge on any atom is 0.416 e. The maximum absolute atomic E-state index is 13.0. The Kier molecular flexibility index (Phi) is 5.72. The number of halogens is 6. The SMILES string of the molecule is O=C1C(Oc2cc(C(F)(F)F)cc(C(F)(F)F)c2)CCN1c1ccc([SH](=O)=O)cc1. The predicted molar refractivity (Wildman–Crippen MR) is 92.9 cm³/mol. The van der Waals surface area contributed by atoms with E-state index in [9.17, 15) is 39.6 Å². The number of alkyl halides is 6. The first kappa shape index (κ1) is 21.9. The van der Waals surface area contributed by atoms with Gasteiger partial charge in [-0.25, -0.2) is 8.42 Å². The molecule has 0 N–H and O–H groups in total. The van der Waals surface area contributed by atoms with Gasteiger partial charge in [-0.05, 0) is 42.5 Å². The van der Waals surface area contributed by atoms with E-state index < -0.39 is 51.9 Å². The molecule has 5 nitrogen and oxygen atoms in total. The van der Waals surface area contributed by atoms with Crippen LogP contribution in [0.5, 0.6) is 5.75 Å². The second-order valence-electron chi connectivity index (χ2n) is 6.40. The Bertz CT molecular complexity index is 990. The van der Waals surface area contributed by atoms with E-state index in [0.717, 1.165) is 0 Å². The normalized spacial score (nSPS) is 17.6. The molecule has 0 aromatic heterocycles. The maximum atomic E-state index is 13.0. The second-order valence-corrected chi connectivity index (χ2v) is 7.43. The van der Waals surface area contributed by atoms with Crippen LogP contribution in [0.3, 0.4) is 0 Å². The largest absolute Gasteiger partial charge is 0.480 e. The van der Waals surface area contributed by atoms with Crippen LogP contribution >= 0.6 is 0 Å². The quantitative estimate of drug-likeness (QED) is 0.564. The summed E-state index contributed by atoms with van der Waals surface area (Å²) < 4.78 is 105. The molecule has 1 saturated heterocycles. The molecule has 1 aliphatic heterocycles. The highest BCUT2D eigenvalue weighted by Crippen LogP contribution is 2.39. The van der Waals surface area contributed by atoms with E-state index >= 15 is 0 Å². The van der Waals surface area contributed by atoms with Gasteiger partial charge >= 0.3 is 12.4 Å². The number of carbonyl (C=O) groups excluding carboxylic acids is 1. The van der Waals surface area contributed by atoms with Gasteiger partial charge < -0.3 is 9.64 Å². The monoisotopic (exact) mass is 453 g/mol. The van der Waals surface area contributed by atoms with E-state index in [1.54, 1.807) is 0 Å². The number of nitrogens with zero attached hydrogens (tertiary/aromatic N) is 1. The molecule has 1 atom stereocenters. The van der Waals surface area contributed by atoms with Crippen LogP contribution in [0.2, 0.25) is 0 Å². The summed E-state index contributed by atoms with van der Waals surface area (Å²) in [6.07, 6.45) is -11.3. The van der Waals surface area contributed by atoms with Gasteiger partial charge in [0.25, 0.3) is 5.91 Å². The molecule has 1 heterocycles. The van der Waals surface area contributed by atoms with Gasteiger partial charge in [0.05, 0.1) is 16.0 Å². The molecule has 0 bridgehead atoms. The number of hydrogen-bond acceptors (Lipinski definition) is 4. The molecule has 2 aromatic rings. The van der Waals surface area contributed by atoms with E-state index in [-0.39, 0.29) is 23.9 Å². The predicted octanol–water partition coefficient (Wildman–Crippen LogP) is 3.88. The minimum atomic E-state index is -5.03. The number of rotatable bonds is 4. The van der Waals surface area contributed by atoms with Crippen molar-refractivity contribution in [1.29, 1.82) is 0 Å². The van der Waals surface area contributed by atoms with Crippen LogP contribution in [-0.2, 0) is 27.9 Å². The van der Waals surface area contributed by atoms with Crippen molar-refractivity contribution >= 4 is 22.3 Å². The van der Waals surface area contributed by atoms with Crippen molar-refractivity contribution in [2.24, 2.45) is 0 Å². The molecule has 0 spiro atoms. The number of benzene rings is 2. The molecule has 1 amide bonds. The highest BCUT2D eigenvalue weighted by molar-refractivity contribution is 7.72. The fourth-order valence-corrected chi connectivity index (χ4v) is 3.32. The zero-order chi connectivity index (χ0) is 22.3. The van der Waals surface area contributed by atoms with Crippen LogP contribution in [0, 0.1) is 0 Å². The summed E-state index contributed by atoms with van der Waals surface area (Å²) in [6, 6.07) is 6.06. The zero-order valence-corrected chi connectivity index (χ0v) is 15.7. The molecule has 30 heavy (non-hydrogen) atoms. The number of carbonyl (C=O) groups is 1. The lowest BCUT2D eigenvalue weighted by molar-refractivity contribution is -0.143. The van der Waals surface area contributed by atoms with E-state index in [4.69, 9.17) is 4.74 Å². The Morgan fingerprint density at radius 1 is 0.900 bits per heavy atom. The smallest absolute Gasteiger partial charge is 0.416 e. The fourth-order valence-electron chi connectivity index (χ4n) is 2.93. The number of thiol groups is 1. The molecule has 1 aliphatic rings. The summed E-state index contributed by atoms with van der Waals surface area (Å²) in [5.74, 6) is -1.39. The number of amides is 1. The van der Waals surface area contributed by atoms with Gasteiger partial charge in [-0.2, -0.15) is 26.3 Å². The molecular weight excluding hydrogens is 440 g/mol. The zero-order valence-electron chi connectivity index (χ0n) is 14.8. The Balaban J connectivity index is 1.84. The molecule has 0 saturated carbocycles. The average Bonchev–Trinajstić information content (AvgIpc) is 3.00. The molecule has 162 valence electrons. The minimum Gasteiger partial charge on any atom is -0.480 e. The molecular formula is C18H13F6NO4S. The van der Waals surface area contributed by atoms with E-state index in [2.05, 4.69) is 0 Å². The van der Waals surface area contributed by atoms with Crippen LogP contribution in [-0.4, -0.2) is 27.0 Å². The molecule has 1 unspecified atom stereocenters. The van der Waals surface area contributed by atoms with Crippen LogP contribution < -0.4 is 9.64 Å². The lowest BCUT2D eigenvalue weighted by Gasteiger charge is -2.19. The first-order valence-electron chi connectivity index (χ1n) is 8.38. The lowest BCUT2D eigenvalue weighted by Crippen LogP contribution is -2.32. The molecule has 0 aliphatic carbocycles. The number of hydrogen-bond donors (Lipinski definition) is 1. The standard InChI is InChI=1S/C18H13F6NO4S/c19-17(20,21)10-7-11(18(22,23)24)9-13(8-10)29-15-5-6-25(16(15)26)12-1-3-14(4-2-12)30(27)28/h1-4,7-9,15,30H,5-6H2. The van der Waals surface area contributed by atoms with Crippen molar-refractivity contribution in [3.63, 3.8) is 0 Å². The van der Waals surface area contributed by atoms with E-state index in [1.165, 1.54) is 29.2 Å². The third-order valence-electron chi connectivity index (χ3n) is 4.37. The highest BCUT2D eigenvalue weighted by atomic mass is 32.2. The van der Waals surface area contributed by atoms with Crippen LogP contribution in [0.4, 0.5) is 32.0 Å². The third kappa shape index (κ3) is 4.69. The van der Waals surface area contributed by atoms with E-state index in [1.807, 2.05) is 0 Å².